The normalized spacial score (nSPS) is 18.7. The van der Waals surface area contributed by atoms with Crippen molar-refractivity contribution >= 4 is 35.4 Å². The lowest BCUT2D eigenvalue weighted by Crippen LogP contribution is -2.48. The number of halogens is 1. The van der Waals surface area contributed by atoms with Crippen LogP contribution in [0.25, 0.3) is 6.08 Å². The summed E-state index contributed by atoms with van der Waals surface area (Å²) in [6.07, 6.45) is 3.57. The van der Waals surface area contributed by atoms with Crippen molar-refractivity contribution in [1.29, 1.82) is 0 Å². The molecule has 0 radical (unpaired) electrons. The van der Waals surface area contributed by atoms with Gasteiger partial charge in [-0.1, -0.05) is 0 Å². The molecule has 2 aromatic rings. The molecule has 10 heteroatoms. The zero-order chi connectivity index (χ0) is 23.4. The Bertz CT molecular complexity index is 1050. The van der Waals surface area contributed by atoms with Gasteiger partial charge in [0.2, 0.25) is 11.8 Å². The van der Waals surface area contributed by atoms with E-state index in [1.165, 1.54) is 24.0 Å². The number of hydrogen-bond donors (Lipinski definition) is 1. The minimum absolute atomic E-state index is 0.122. The summed E-state index contributed by atoms with van der Waals surface area (Å²) in [5.41, 5.74) is 0.808. The molecule has 0 unspecified atom stereocenters. The topological polar surface area (TPSA) is 95.3 Å². The summed E-state index contributed by atoms with van der Waals surface area (Å²) in [5.74, 6) is -0.186. The Morgan fingerprint density at radius 2 is 2.00 bits per heavy atom. The van der Waals surface area contributed by atoms with Gasteiger partial charge in [0, 0.05) is 39.2 Å². The second-order valence-corrected chi connectivity index (χ2v) is 7.85. The van der Waals surface area contributed by atoms with Crippen molar-refractivity contribution in [1.82, 2.24) is 10.2 Å². The van der Waals surface area contributed by atoms with E-state index in [4.69, 9.17) is 9.15 Å². The lowest BCUT2D eigenvalue weighted by atomic mass is 10.2. The van der Waals surface area contributed by atoms with Gasteiger partial charge in [0.05, 0.1) is 30.7 Å². The fourth-order valence-electron chi connectivity index (χ4n) is 3.83. The number of anilines is 2. The number of amides is 3. The highest BCUT2D eigenvalue weighted by atomic mass is 19.1. The number of carbonyl (C=O) groups excluding carboxylic acids is 3. The predicted octanol–water partition coefficient (Wildman–Crippen LogP) is 2.24. The fourth-order valence-corrected chi connectivity index (χ4v) is 3.83. The largest absolute Gasteiger partial charge is 0.465 e. The third kappa shape index (κ3) is 5.33. The third-order valence-electron chi connectivity index (χ3n) is 5.56. The van der Waals surface area contributed by atoms with Crippen LogP contribution in [0.15, 0.2) is 47.1 Å². The molecule has 1 aromatic carbocycles. The van der Waals surface area contributed by atoms with E-state index in [0.717, 1.165) is 0 Å². The number of nitrogens with one attached hydrogen (secondary N) is 1. The molecule has 1 aromatic heterocycles. The molecule has 0 saturated carbocycles. The van der Waals surface area contributed by atoms with Gasteiger partial charge < -0.3 is 24.3 Å². The van der Waals surface area contributed by atoms with Crippen LogP contribution in [0.1, 0.15) is 12.7 Å². The number of carbonyl (C=O) groups is 3. The van der Waals surface area contributed by atoms with Gasteiger partial charge in [-0.2, -0.15) is 0 Å². The second kappa shape index (κ2) is 9.76. The molecule has 1 N–H and O–H groups in total. The van der Waals surface area contributed by atoms with E-state index in [0.29, 0.717) is 43.3 Å². The molecule has 0 aliphatic carbocycles. The van der Waals surface area contributed by atoms with Gasteiger partial charge in [-0.05, 0) is 36.4 Å². The molecule has 0 bridgehead atoms. The first-order chi connectivity index (χ1) is 15.9. The average molecular weight is 456 g/mol. The van der Waals surface area contributed by atoms with E-state index in [1.54, 1.807) is 41.5 Å². The van der Waals surface area contributed by atoms with Crippen molar-refractivity contribution < 1.29 is 27.9 Å². The summed E-state index contributed by atoms with van der Waals surface area (Å²) in [5, 5.41) is 2.61. The number of furan rings is 1. The first kappa shape index (κ1) is 22.4. The van der Waals surface area contributed by atoms with Crippen molar-refractivity contribution in [2.45, 2.75) is 13.0 Å². The molecule has 9 nitrogen and oxygen atoms in total. The van der Waals surface area contributed by atoms with Crippen LogP contribution in [0.4, 0.5) is 20.6 Å². The van der Waals surface area contributed by atoms with E-state index in [-0.39, 0.29) is 24.9 Å². The summed E-state index contributed by atoms with van der Waals surface area (Å²) < 4.78 is 25.3. The van der Waals surface area contributed by atoms with Gasteiger partial charge >= 0.3 is 6.09 Å². The summed E-state index contributed by atoms with van der Waals surface area (Å²) in [4.78, 5) is 40.5. The minimum Gasteiger partial charge on any atom is -0.465 e. The Hall–Kier alpha value is -3.82. The molecule has 2 aliphatic heterocycles. The fraction of sp³-hybridized carbons (Fsp3) is 0.348. The SMILES string of the molecule is CC(=O)NC[C@H]1CN(c2ccc(N3CCN(C(=O)/C=C/c4ccco4)CC3)c(F)c2)C(=O)O1. The molecule has 1 atom stereocenters. The predicted molar refractivity (Wildman–Crippen MR) is 119 cm³/mol. The van der Waals surface area contributed by atoms with Crippen LogP contribution < -0.4 is 15.1 Å². The van der Waals surface area contributed by atoms with Crippen molar-refractivity contribution in [3.63, 3.8) is 0 Å². The highest BCUT2D eigenvalue weighted by Gasteiger charge is 2.33. The van der Waals surface area contributed by atoms with Crippen molar-refractivity contribution in [3.05, 3.63) is 54.2 Å². The number of rotatable bonds is 6. The smallest absolute Gasteiger partial charge is 0.414 e. The van der Waals surface area contributed by atoms with Gasteiger partial charge in [0.1, 0.15) is 17.7 Å². The van der Waals surface area contributed by atoms with Gasteiger partial charge in [0.25, 0.3) is 0 Å². The van der Waals surface area contributed by atoms with Crippen molar-refractivity contribution in [2.24, 2.45) is 0 Å². The Kier molecular flexibility index (Phi) is 6.62. The second-order valence-electron chi connectivity index (χ2n) is 7.85. The van der Waals surface area contributed by atoms with Crippen LogP contribution in [0.5, 0.6) is 0 Å². The van der Waals surface area contributed by atoms with E-state index in [2.05, 4.69) is 5.32 Å². The Balaban J connectivity index is 1.34. The number of nitrogens with zero attached hydrogens (tertiary/aromatic N) is 3. The molecule has 3 heterocycles. The molecular formula is C23H25FN4O5. The molecule has 4 rings (SSSR count). The summed E-state index contributed by atoms with van der Waals surface area (Å²) >= 11 is 0. The number of hydrogen-bond acceptors (Lipinski definition) is 6. The van der Waals surface area contributed by atoms with Crippen LogP contribution in [-0.4, -0.2) is 68.2 Å². The third-order valence-corrected chi connectivity index (χ3v) is 5.56. The van der Waals surface area contributed by atoms with Crippen LogP contribution in [0.3, 0.4) is 0 Å². The maximum atomic E-state index is 14.9. The first-order valence-electron chi connectivity index (χ1n) is 10.7. The molecule has 2 saturated heterocycles. The number of ether oxygens (including phenoxy) is 1. The summed E-state index contributed by atoms with van der Waals surface area (Å²) in [6, 6.07) is 8.12. The molecular weight excluding hydrogens is 431 g/mol. The lowest BCUT2D eigenvalue weighted by Gasteiger charge is -2.36. The summed E-state index contributed by atoms with van der Waals surface area (Å²) in [7, 11) is 0. The number of cyclic esters (lactones) is 1. The minimum atomic E-state index is -0.577. The van der Waals surface area contributed by atoms with E-state index >= 15 is 0 Å². The monoisotopic (exact) mass is 456 g/mol. The quantitative estimate of drug-likeness (QED) is 0.670. The van der Waals surface area contributed by atoms with Gasteiger partial charge in [-0.15, -0.1) is 0 Å². The van der Waals surface area contributed by atoms with Crippen molar-refractivity contribution in [2.75, 3.05) is 49.1 Å². The highest BCUT2D eigenvalue weighted by Crippen LogP contribution is 2.28. The van der Waals surface area contributed by atoms with Crippen LogP contribution in [0.2, 0.25) is 0 Å². The van der Waals surface area contributed by atoms with Gasteiger partial charge in [-0.3, -0.25) is 14.5 Å². The first-order valence-corrected chi connectivity index (χ1v) is 10.7. The molecule has 2 fully saturated rings. The number of piperazine rings is 1. The maximum absolute atomic E-state index is 14.9. The lowest BCUT2D eigenvalue weighted by molar-refractivity contribution is -0.126. The maximum Gasteiger partial charge on any atom is 0.414 e. The van der Waals surface area contributed by atoms with Gasteiger partial charge in [0.15, 0.2) is 0 Å². The Morgan fingerprint density at radius 1 is 1.21 bits per heavy atom. The molecule has 2 aliphatic rings. The summed E-state index contributed by atoms with van der Waals surface area (Å²) in [6.45, 7) is 3.72. The van der Waals surface area contributed by atoms with E-state index in [9.17, 15) is 18.8 Å². The zero-order valence-electron chi connectivity index (χ0n) is 18.2. The molecule has 33 heavy (non-hydrogen) atoms. The molecule has 0 spiro atoms. The Morgan fingerprint density at radius 3 is 2.67 bits per heavy atom. The zero-order valence-corrected chi connectivity index (χ0v) is 18.2. The average Bonchev–Trinajstić information content (AvgIpc) is 3.45. The van der Waals surface area contributed by atoms with Crippen LogP contribution >= 0.6 is 0 Å². The molecule has 3 amide bonds. The number of benzene rings is 1. The van der Waals surface area contributed by atoms with Gasteiger partial charge in [-0.25, -0.2) is 9.18 Å². The van der Waals surface area contributed by atoms with E-state index in [1.807, 2.05) is 4.90 Å². The standard InChI is InChI=1S/C23H25FN4O5/c1-16(29)25-14-19-15-28(23(31)33-19)17-4-6-21(20(24)13-17)26-8-10-27(11-9-26)22(30)7-5-18-3-2-12-32-18/h2-7,12-13,19H,8-11,14-15H2,1H3,(H,25,29)/b7-5+/t19-/m0/s1. The van der Waals surface area contributed by atoms with Crippen LogP contribution in [0, 0.1) is 5.82 Å². The highest BCUT2D eigenvalue weighted by molar-refractivity contribution is 5.92. The molecule has 174 valence electrons. The van der Waals surface area contributed by atoms with Crippen LogP contribution in [-0.2, 0) is 14.3 Å². The Labute approximate surface area is 190 Å². The van der Waals surface area contributed by atoms with E-state index < -0.39 is 18.0 Å². The van der Waals surface area contributed by atoms with Crippen molar-refractivity contribution in [3.8, 4) is 0 Å².